The van der Waals surface area contributed by atoms with Gasteiger partial charge in [-0.2, -0.15) is 0 Å². The Labute approximate surface area is 113 Å². The second-order valence-electron chi connectivity index (χ2n) is 3.68. The zero-order chi connectivity index (χ0) is 12.3. The van der Waals surface area contributed by atoms with Gasteiger partial charge in [0.1, 0.15) is 5.82 Å². The topological polar surface area (TPSA) is 38.0 Å². The molecule has 0 amide bonds. The van der Waals surface area contributed by atoms with Gasteiger partial charge in [0.05, 0.1) is 6.04 Å². The Morgan fingerprint density at radius 2 is 1.88 bits per heavy atom. The SMILES string of the molecule is NNC(c1cccc(F)c1)c1ccccc1I. The maximum Gasteiger partial charge on any atom is 0.123 e. The molecule has 0 aromatic heterocycles. The molecule has 0 heterocycles. The molecule has 1 unspecified atom stereocenters. The average molecular weight is 342 g/mol. The van der Waals surface area contributed by atoms with Crippen molar-refractivity contribution in [3.8, 4) is 0 Å². The van der Waals surface area contributed by atoms with Gasteiger partial charge in [0.25, 0.3) is 0 Å². The Hall–Kier alpha value is -0.980. The highest BCUT2D eigenvalue weighted by Gasteiger charge is 2.15. The molecule has 0 aliphatic rings. The first kappa shape index (κ1) is 12.5. The van der Waals surface area contributed by atoms with Gasteiger partial charge < -0.3 is 0 Å². The van der Waals surface area contributed by atoms with Gasteiger partial charge in [-0.05, 0) is 51.9 Å². The van der Waals surface area contributed by atoms with Crippen molar-refractivity contribution in [2.45, 2.75) is 6.04 Å². The number of rotatable bonds is 3. The van der Waals surface area contributed by atoms with E-state index < -0.39 is 0 Å². The summed E-state index contributed by atoms with van der Waals surface area (Å²) in [6, 6.07) is 14.2. The maximum atomic E-state index is 13.2. The first-order chi connectivity index (χ1) is 8.22. The molecule has 0 radical (unpaired) electrons. The lowest BCUT2D eigenvalue weighted by Crippen LogP contribution is -2.29. The summed E-state index contributed by atoms with van der Waals surface area (Å²) in [4.78, 5) is 0. The zero-order valence-electron chi connectivity index (χ0n) is 9.03. The quantitative estimate of drug-likeness (QED) is 0.511. The smallest absolute Gasteiger partial charge is 0.123 e. The van der Waals surface area contributed by atoms with Gasteiger partial charge in [-0.1, -0.05) is 30.3 Å². The Bertz CT molecular complexity index is 516. The molecule has 2 aromatic rings. The summed E-state index contributed by atoms with van der Waals surface area (Å²) in [5, 5.41) is 0. The third-order valence-corrected chi connectivity index (χ3v) is 3.55. The molecule has 0 bridgehead atoms. The highest BCUT2D eigenvalue weighted by Crippen LogP contribution is 2.25. The largest absolute Gasteiger partial charge is 0.271 e. The zero-order valence-corrected chi connectivity index (χ0v) is 11.2. The van der Waals surface area contributed by atoms with Crippen LogP contribution in [0.5, 0.6) is 0 Å². The van der Waals surface area contributed by atoms with Crippen LogP contribution >= 0.6 is 22.6 Å². The summed E-state index contributed by atoms with van der Waals surface area (Å²) in [6.45, 7) is 0. The number of benzene rings is 2. The van der Waals surface area contributed by atoms with E-state index in [1.807, 2.05) is 30.3 Å². The molecule has 0 fully saturated rings. The molecule has 17 heavy (non-hydrogen) atoms. The molecular weight excluding hydrogens is 330 g/mol. The first-order valence-corrected chi connectivity index (χ1v) is 6.26. The van der Waals surface area contributed by atoms with Gasteiger partial charge >= 0.3 is 0 Å². The van der Waals surface area contributed by atoms with Crippen LogP contribution in [0.1, 0.15) is 17.2 Å². The Balaban J connectivity index is 2.44. The Kier molecular flexibility index (Phi) is 4.09. The number of nitrogens with one attached hydrogen (secondary N) is 1. The van der Waals surface area contributed by atoms with Crippen LogP contribution in [-0.2, 0) is 0 Å². The summed E-state index contributed by atoms with van der Waals surface area (Å²) in [6.07, 6.45) is 0. The number of hydrogen-bond donors (Lipinski definition) is 2. The molecule has 0 aliphatic heterocycles. The molecule has 2 rings (SSSR count). The fraction of sp³-hybridized carbons (Fsp3) is 0.0769. The van der Waals surface area contributed by atoms with E-state index in [0.29, 0.717) is 0 Å². The van der Waals surface area contributed by atoms with E-state index in [-0.39, 0.29) is 11.9 Å². The van der Waals surface area contributed by atoms with Crippen molar-refractivity contribution < 1.29 is 4.39 Å². The van der Waals surface area contributed by atoms with E-state index in [1.165, 1.54) is 12.1 Å². The maximum absolute atomic E-state index is 13.2. The summed E-state index contributed by atoms with van der Waals surface area (Å²) in [7, 11) is 0. The van der Waals surface area contributed by atoms with Crippen LogP contribution in [-0.4, -0.2) is 0 Å². The van der Waals surface area contributed by atoms with Gasteiger partial charge in [-0.25, -0.2) is 9.82 Å². The second-order valence-corrected chi connectivity index (χ2v) is 4.84. The van der Waals surface area contributed by atoms with E-state index in [0.717, 1.165) is 14.7 Å². The highest BCUT2D eigenvalue weighted by atomic mass is 127. The normalized spacial score (nSPS) is 12.4. The standard InChI is InChI=1S/C13H12FIN2/c14-10-5-3-4-9(8-10)13(17-16)11-6-1-2-7-12(11)15/h1-8,13,17H,16H2. The lowest BCUT2D eigenvalue weighted by Gasteiger charge is -2.18. The van der Waals surface area contributed by atoms with E-state index in [2.05, 4.69) is 28.0 Å². The van der Waals surface area contributed by atoms with Gasteiger partial charge in [-0.3, -0.25) is 5.84 Å². The summed E-state index contributed by atoms with van der Waals surface area (Å²) >= 11 is 2.25. The molecule has 1 atom stereocenters. The van der Waals surface area contributed by atoms with Crippen molar-refractivity contribution >= 4 is 22.6 Å². The highest BCUT2D eigenvalue weighted by molar-refractivity contribution is 14.1. The molecule has 2 nitrogen and oxygen atoms in total. The third-order valence-electron chi connectivity index (χ3n) is 2.56. The molecular formula is C13H12FIN2. The number of halogens is 2. The van der Waals surface area contributed by atoms with Crippen molar-refractivity contribution in [3.05, 3.63) is 69.0 Å². The first-order valence-electron chi connectivity index (χ1n) is 5.18. The molecule has 2 aromatic carbocycles. The van der Waals surface area contributed by atoms with Gasteiger partial charge in [0, 0.05) is 3.57 Å². The molecule has 88 valence electrons. The average Bonchev–Trinajstić information content (AvgIpc) is 2.33. The van der Waals surface area contributed by atoms with E-state index in [4.69, 9.17) is 5.84 Å². The van der Waals surface area contributed by atoms with Crippen LogP contribution in [0.4, 0.5) is 4.39 Å². The Morgan fingerprint density at radius 3 is 2.53 bits per heavy atom. The predicted molar refractivity (Wildman–Crippen MR) is 74.7 cm³/mol. The van der Waals surface area contributed by atoms with Crippen molar-refractivity contribution in [3.63, 3.8) is 0 Å². The van der Waals surface area contributed by atoms with Crippen molar-refractivity contribution in [2.75, 3.05) is 0 Å². The minimum atomic E-state index is -0.256. The van der Waals surface area contributed by atoms with E-state index in [1.54, 1.807) is 6.07 Å². The Morgan fingerprint density at radius 1 is 1.12 bits per heavy atom. The molecule has 0 aliphatic carbocycles. The summed E-state index contributed by atoms with van der Waals surface area (Å²) in [5.74, 6) is 5.32. The van der Waals surface area contributed by atoms with Gasteiger partial charge in [-0.15, -0.1) is 0 Å². The lowest BCUT2D eigenvalue weighted by molar-refractivity contribution is 0.604. The fourth-order valence-corrected chi connectivity index (χ4v) is 2.46. The molecule has 0 spiro atoms. The second kappa shape index (κ2) is 5.57. The van der Waals surface area contributed by atoms with Gasteiger partial charge in [0.2, 0.25) is 0 Å². The van der Waals surface area contributed by atoms with Crippen LogP contribution in [0.3, 0.4) is 0 Å². The van der Waals surface area contributed by atoms with Crippen molar-refractivity contribution in [2.24, 2.45) is 5.84 Å². The molecule has 4 heteroatoms. The van der Waals surface area contributed by atoms with Gasteiger partial charge in [0.15, 0.2) is 0 Å². The van der Waals surface area contributed by atoms with Crippen molar-refractivity contribution in [1.29, 1.82) is 0 Å². The van der Waals surface area contributed by atoms with Crippen LogP contribution in [0.2, 0.25) is 0 Å². The lowest BCUT2D eigenvalue weighted by atomic mass is 9.99. The fourth-order valence-electron chi connectivity index (χ4n) is 1.76. The minimum Gasteiger partial charge on any atom is -0.271 e. The number of nitrogens with two attached hydrogens (primary N) is 1. The molecule has 3 N–H and O–H groups in total. The van der Waals surface area contributed by atoms with Crippen LogP contribution < -0.4 is 11.3 Å². The van der Waals surface area contributed by atoms with Crippen LogP contribution in [0.15, 0.2) is 48.5 Å². The minimum absolute atomic E-state index is 0.196. The number of hydrazine groups is 1. The summed E-state index contributed by atoms with van der Waals surface area (Å²) < 4.78 is 14.3. The van der Waals surface area contributed by atoms with E-state index in [9.17, 15) is 4.39 Å². The van der Waals surface area contributed by atoms with Crippen molar-refractivity contribution in [1.82, 2.24) is 5.43 Å². The third kappa shape index (κ3) is 2.83. The molecule has 0 saturated carbocycles. The summed E-state index contributed by atoms with van der Waals surface area (Å²) in [5.41, 5.74) is 4.59. The monoisotopic (exact) mass is 342 g/mol. The molecule has 0 saturated heterocycles. The number of hydrogen-bond acceptors (Lipinski definition) is 2. The van der Waals surface area contributed by atoms with Crippen LogP contribution in [0, 0.1) is 9.39 Å². The predicted octanol–water partition coefficient (Wildman–Crippen LogP) is 2.98. The van der Waals surface area contributed by atoms with E-state index >= 15 is 0 Å². The van der Waals surface area contributed by atoms with Crippen LogP contribution in [0.25, 0.3) is 0 Å².